The summed E-state index contributed by atoms with van der Waals surface area (Å²) < 4.78 is 5.43. The van der Waals surface area contributed by atoms with Gasteiger partial charge in [-0.05, 0) is 19.9 Å². The topological polar surface area (TPSA) is 21.3 Å². The van der Waals surface area contributed by atoms with Gasteiger partial charge in [-0.15, -0.1) is 0 Å². The predicted octanol–water partition coefficient (Wildman–Crippen LogP) is 2.19. The SMILES string of the molecule is CCCCC(OC)C(CC)NC. The molecular weight excluding hydrogens is 150 g/mol. The molecule has 0 fully saturated rings. The fourth-order valence-electron chi connectivity index (χ4n) is 1.54. The van der Waals surface area contributed by atoms with Gasteiger partial charge in [0, 0.05) is 13.2 Å². The molecule has 0 saturated heterocycles. The van der Waals surface area contributed by atoms with Gasteiger partial charge in [-0.2, -0.15) is 0 Å². The van der Waals surface area contributed by atoms with Crippen LogP contribution in [0.2, 0.25) is 0 Å². The Hall–Kier alpha value is -0.0800. The van der Waals surface area contributed by atoms with Crippen molar-refractivity contribution >= 4 is 0 Å². The third-order valence-electron chi connectivity index (χ3n) is 2.40. The molecule has 0 heterocycles. The van der Waals surface area contributed by atoms with Gasteiger partial charge in [0.25, 0.3) is 0 Å². The van der Waals surface area contributed by atoms with Gasteiger partial charge in [-0.3, -0.25) is 0 Å². The van der Waals surface area contributed by atoms with Crippen molar-refractivity contribution in [1.82, 2.24) is 5.32 Å². The summed E-state index contributed by atoms with van der Waals surface area (Å²) in [5, 5.41) is 3.29. The lowest BCUT2D eigenvalue weighted by molar-refractivity contribution is 0.0609. The molecule has 2 heteroatoms. The molecule has 0 aromatic rings. The maximum Gasteiger partial charge on any atom is 0.0724 e. The third kappa shape index (κ3) is 4.07. The average molecular weight is 173 g/mol. The highest BCUT2D eigenvalue weighted by molar-refractivity contribution is 4.73. The molecule has 0 aromatic carbocycles. The second-order valence-electron chi connectivity index (χ2n) is 3.22. The fourth-order valence-corrected chi connectivity index (χ4v) is 1.54. The van der Waals surface area contributed by atoms with Crippen molar-refractivity contribution in [3.05, 3.63) is 0 Å². The summed E-state index contributed by atoms with van der Waals surface area (Å²) in [6.07, 6.45) is 5.21. The molecule has 0 rings (SSSR count). The van der Waals surface area contributed by atoms with Crippen LogP contribution in [0.15, 0.2) is 0 Å². The Kier molecular flexibility index (Phi) is 7.51. The Morgan fingerprint density at radius 1 is 1.33 bits per heavy atom. The van der Waals surface area contributed by atoms with E-state index in [1.807, 2.05) is 7.05 Å². The minimum absolute atomic E-state index is 0.389. The van der Waals surface area contributed by atoms with Gasteiger partial charge < -0.3 is 10.1 Å². The van der Waals surface area contributed by atoms with Crippen LogP contribution in [0.4, 0.5) is 0 Å². The maximum absolute atomic E-state index is 5.43. The van der Waals surface area contributed by atoms with Gasteiger partial charge in [0.1, 0.15) is 0 Å². The summed E-state index contributed by atoms with van der Waals surface area (Å²) in [5.41, 5.74) is 0. The predicted molar refractivity (Wildman–Crippen MR) is 53.5 cm³/mol. The normalized spacial score (nSPS) is 16.0. The number of rotatable bonds is 7. The lowest BCUT2D eigenvalue weighted by Crippen LogP contribution is -2.38. The van der Waals surface area contributed by atoms with E-state index in [0.29, 0.717) is 12.1 Å². The van der Waals surface area contributed by atoms with Crippen LogP contribution in [0.3, 0.4) is 0 Å². The molecule has 0 aromatic heterocycles. The first kappa shape index (κ1) is 11.9. The number of nitrogens with one attached hydrogen (secondary N) is 1. The molecule has 0 saturated carbocycles. The fraction of sp³-hybridized carbons (Fsp3) is 1.00. The van der Waals surface area contributed by atoms with Gasteiger partial charge in [-0.25, -0.2) is 0 Å². The van der Waals surface area contributed by atoms with Gasteiger partial charge in [0.15, 0.2) is 0 Å². The van der Waals surface area contributed by atoms with Crippen LogP contribution >= 0.6 is 0 Å². The van der Waals surface area contributed by atoms with Crippen LogP contribution in [-0.4, -0.2) is 26.3 Å². The number of methoxy groups -OCH3 is 1. The highest BCUT2D eigenvalue weighted by Gasteiger charge is 2.16. The molecule has 0 spiro atoms. The van der Waals surface area contributed by atoms with E-state index in [1.54, 1.807) is 7.11 Å². The first-order valence-corrected chi connectivity index (χ1v) is 5.00. The first-order valence-electron chi connectivity index (χ1n) is 5.00. The van der Waals surface area contributed by atoms with Crippen molar-refractivity contribution in [3.8, 4) is 0 Å². The number of likely N-dealkylation sites (N-methyl/N-ethyl adjacent to an activating group) is 1. The number of unbranched alkanes of at least 4 members (excludes halogenated alkanes) is 1. The molecular formula is C10H23NO. The largest absolute Gasteiger partial charge is 0.380 e. The minimum Gasteiger partial charge on any atom is -0.380 e. The lowest BCUT2D eigenvalue weighted by Gasteiger charge is -2.24. The lowest BCUT2D eigenvalue weighted by atomic mass is 10.0. The Balaban J connectivity index is 3.75. The Labute approximate surface area is 76.7 Å². The average Bonchev–Trinajstić information content (AvgIpc) is 2.12. The second-order valence-corrected chi connectivity index (χ2v) is 3.22. The summed E-state index contributed by atoms with van der Waals surface area (Å²) in [5.74, 6) is 0. The monoisotopic (exact) mass is 173 g/mol. The van der Waals surface area contributed by atoms with Crippen LogP contribution in [0, 0.1) is 0 Å². The number of hydrogen-bond donors (Lipinski definition) is 1. The molecule has 0 aliphatic rings. The van der Waals surface area contributed by atoms with Gasteiger partial charge in [0.05, 0.1) is 6.10 Å². The second kappa shape index (κ2) is 7.56. The molecule has 0 aliphatic carbocycles. The quantitative estimate of drug-likeness (QED) is 0.637. The Bertz CT molecular complexity index is 91.8. The highest BCUT2D eigenvalue weighted by atomic mass is 16.5. The molecule has 0 amide bonds. The van der Waals surface area contributed by atoms with Crippen molar-refractivity contribution in [3.63, 3.8) is 0 Å². The van der Waals surface area contributed by atoms with Crippen molar-refractivity contribution in [2.75, 3.05) is 14.2 Å². The van der Waals surface area contributed by atoms with E-state index in [9.17, 15) is 0 Å². The summed E-state index contributed by atoms with van der Waals surface area (Å²) in [6.45, 7) is 4.41. The molecule has 0 radical (unpaired) electrons. The summed E-state index contributed by atoms with van der Waals surface area (Å²) in [6, 6.07) is 0.515. The minimum atomic E-state index is 0.389. The molecule has 2 unspecified atom stereocenters. The van der Waals surface area contributed by atoms with Crippen LogP contribution in [-0.2, 0) is 4.74 Å². The number of ether oxygens (including phenoxy) is 1. The zero-order valence-corrected chi connectivity index (χ0v) is 8.89. The summed E-state index contributed by atoms with van der Waals surface area (Å²) >= 11 is 0. The molecule has 2 nitrogen and oxygen atoms in total. The van der Waals surface area contributed by atoms with Gasteiger partial charge in [-0.1, -0.05) is 26.7 Å². The summed E-state index contributed by atoms with van der Waals surface area (Å²) in [7, 11) is 3.81. The van der Waals surface area contributed by atoms with Crippen molar-refractivity contribution in [1.29, 1.82) is 0 Å². The smallest absolute Gasteiger partial charge is 0.0724 e. The van der Waals surface area contributed by atoms with Crippen LogP contribution in [0.1, 0.15) is 39.5 Å². The summed E-state index contributed by atoms with van der Waals surface area (Å²) in [4.78, 5) is 0. The van der Waals surface area contributed by atoms with Crippen LogP contribution in [0.25, 0.3) is 0 Å². The molecule has 12 heavy (non-hydrogen) atoms. The molecule has 0 aliphatic heterocycles. The van der Waals surface area contributed by atoms with E-state index < -0.39 is 0 Å². The number of hydrogen-bond acceptors (Lipinski definition) is 2. The van der Waals surface area contributed by atoms with Gasteiger partial charge in [0.2, 0.25) is 0 Å². The highest BCUT2D eigenvalue weighted by Crippen LogP contribution is 2.10. The standard InChI is InChI=1S/C10H23NO/c1-5-7-8-10(12-4)9(6-2)11-3/h9-11H,5-8H2,1-4H3. The van der Waals surface area contributed by atoms with E-state index in [1.165, 1.54) is 19.3 Å². The zero-order valence-electron chi connectivity index (χ0n) is 8.89. The van der Waals surface area contributed by atoms with Gasteiger partial charge >= 0.3 is 0 Å². The van der Waals surface area contributed by atoms with E-state index in [4.69, 9.17) is 4.74 Å². The van der Waals surface area contributed by atoms with E-state index >= 15 is 0 Å². The third-order valence-corrected chi connectivity index (χ3v) is 2.40. The molecule has 2 atom stereocenters. The van der Waals surface area contributed by atoms with E-state index in [0.717, 1.165) is 6.42 Å². The molecule has 0 bridgehead atoms. The Morgan fingerprint density at radius 2 is 2.00 bits per heavy atom. The molecule has 1 N–H and O–H groups in total. The van der Waals surface area contributed by atoms with Crippen molar-refractivity contribution in [2.45, 2.75) is 51.7 Å². The van der Waals surface area contributed by atoms with E-state index in [-0.39, 0.29) is 0 Å². The first-order chi connectivity index (χ1) is 5.79. The zero-order chi connectivity index (χ0) is 9.40. The van der Waals surface area contributed by atoms with Crippen molar-refractivity contribution < 1.29 is 4.74 Å². The maximum atomic E-state index is 5.43. The Morgan fingerprint density at radius 3 is 2.33 bits per heavy atom. The molecule has 74 valence electrons. The van der Waals surface area contributed by atoms with Crippen LogP contribution in [0.5, 0.6) is 0 Å². The van der Waals surface area contributed by atoms with Crippen LogP contribution < -0.4 is 5.32 Å². The van der Waals surface area contributed by atoms with E-state index in [2.05, 4.69) is 19.2 Å². The van der Waals surface area contributed by atoms with Crippen molar-refractivity contribution in [2.24, 2.45) is 0 Å².